The van der Waals surface area contributed by atoms with Gasteiger partial charge in [0.1, 0.15) is 12.1 Å². The smallest absolute Gasteiger partial charge is 0.337 e. The van der Waals surface area contributed by atoms with Crippen molar-refractivity contribution in [3.63, 3.8) is 0 Å². The van der Waals surface area contributed by atoms with Crippen LogP contribution in [0.5, 0.6) is 0 Å². The number of non-ortho nitro benzene ring substituents is 1. The number of hydrogen-bond donors (Lipinski definition) is 0. The standard InChI is InChI=1S/C17H19ClN2O6/c1-17(2,3)15(22)14(19-12(18)8-13(19)21)16(23)26-9-10-4-6-11(7-5-10)20(24)25/h4-7,12,14H,8-9H2,1-3H3. The highest BCUT2D eigenvalue weighted by molar-refractivity contribution is 6.26. The number of nitro benzene ring substituents is 1. The molecule has 1 saturated heterocycles. The number of rotatable bonds is 6. The van der Waals surface area contributed by atoms with Gasteiger partial charge >= 0.3 is 5.97 Å². The number of halogens is 1. The Kier molecular flexibility index (Phi) is 5.65. The predicted molar refractivity (Wildman–Crippen MR) is 92.2 cm³/mol. The van der Waals surface area contributed by atoms with E-state index in [4.69, 9.17) is 16.3 Å². The first-order valence-corrected chi connectivity index (χ1v) is 8.35. The lowest BCUT2D eigenvalue weighted by atomic mass is 9.85. The van der Waals surface area contributed by atoms with Gasteiger partial charge in [0.2, 0.25) is 5.91 Å². The number of carbonyl (C=O) groups is 3. The molecule has 1 aromatic rings. The predicted octanol–water partition coefficient (Wildman–Crippen LogP) is 2.42. The fourth-order valence-corrected chi connectivity index (χ4v) is 2.76. The van der Waals surface area contributed by atoms with Crippen LogP contribution in [0.4, 0.5) is 5.69 Å². The summed E-state index contributed by atoms with van der Waals surface area (Å²) in [6.07, 6.45) is 0.0606. The minimum Gasteiger partial charge on any atom is -0.459 e. The molecule has 1 aliphatic heterocycles. The third-order valence-electron chi connectivity index (χ3n) is 3.95. The van der Waals surface area contributed by atoms with E-state index in [1.165, 1.54) is 24.3 Å². The molecule has 0 aromatic heterocycles. The van der Waals surface area contributed by atoms with Gasteiger partial charge in [0.05, 0.1) is 11.3 Å². The van der Waals surface area contributed by atoms with E-state index < -0.39 is 33.6 Å². The van der Waals surface area contributed by atoms with Gasteiger partial charge in [-0.25, -0.2) is 4.79 Å². The van der Waals surface area contributed by atoms with Crippen LogP contribution >= 0.6 is 11.6 Å². The van der Waals surface area contributed by atoms with Crippen molar-refractivity contribution >= 4 is 34.9 Å². The monoisotopic (exact) mass is 382 g/mol. The first kappa shape index (κ1) is 19.8. The highest BCUT2D eigenvalue weighted by Crippen LogP contribution is 2.30. The summed E-state index contributed by atoms with van der Waals surface area (Å²) >= 11 is 5.99. The van der Waals surface area contributed by atoms with Gasteiger partial charge < -0.3 is 9.64 Å². The summed E-state index contributed by atoms with van der Waals surface area (Å²) in [7, 11) is 0. The van der Waals surface area contributed by atoms with Gasteiger partial charge in [-0.05, 0) is 17.7 Å². The topological polar surface area (TPSA) is 107 Å². The molecule has 8 nitrogen and oxygen atoms in total. The SMILES string of the molecule is CC(C)(C)C(=O)C(C(=O)OCc1ccc([N+](=O)[O-])cc1)N1C(=O)CC1Cl. The normalized spacial score (nSPS) is 18.1. The second-order valence-electron chi connectivity index (χ2n) is 6.99. The van der Waals surface area contributed by atoms with E-state index in [-0.39, 0.29) is 24.6 Å². The molecule has 0 saturated carbocycles. The van der Waals surface area contributed by atoms with E-state index in [0.717, 1.165) is 4.90 Å². The van der Waals surface area contributed by atoms with Crippen molar-refractivity contribution in [1.82, 2.24) is 4.90 Å². The van der Waals surface area contributed by atoms with E-state index in [0.29, 0.717) is 5.56 Å². The Hall–Kier alpha value is -2.48. The molecule has 1 aliphatic rings. The van der Waals surface area contributed by atoms with Crippen LogP contribution in [0, 0.1) is 15.5 Å². The number of benzene rings is 1. The van der Waals surface area contributed by atoms with Gasteiger partial charge in [0, 0.05) is 17.5 Å². The van der Waals surface area contributed by atoms with Crippen LogP contribution in [0.2, 0.25) is 0 Å². The summed E-state index contributed by atoms with van der Waals surface area (Å²) in [4.78, 5) is 48.1. The molecule has 0 radical (unpaired) electrons. The molecular formula is C17H19ClN2O6. The lowest BCUT2D eigenvalue weighted by molar-refractivity contribution is -0.384. The Labute approximate surface area is 155 Å². The molecule has 1 aromatic carbocycles. The average molecular weight is 383 g/mol. The average Bonchev–Trinajstić information content (AvgIpc) is 2.56. The fraction of sp³-hybridized carbons (Fsp3) is 0.471. The molecular weight excluding hydrogens is 364 g/mol. The maximum atomic E-state index is 12.6. The number of Topliss-reactive ketones (excluding diaryl/α,β-unsaturated/α-hetero) is 1. The van der Waals surface area contributed by atoms with Gasteiger partial charge in [-0.15, -0.1) is 0 Å². The van der Waals surface area contributed by atoms with Crippen molar-refractivity contribution in [2.75, 3.05) is 0 Å². The zero-order chi connectivity index (χ0) is 19.6. The minimum atomic E-state index is -1.41. The highest BCUT2D eigenvalue weighted by atomic mass is 35.5. The summed E-state index contributed by atoms with van der Waals surface area (Å²) in [5.74, 6) is -1.73. The zero-order valence-electron chi connectivity index (χ0n) is 14.6. The number of ketones is 1. The molecule has 2 atom stereocenters. The second-order valence-corrected chi connectivity index (χ2v) is 7.49. The van der Waals surface area contributed by atoms with Gasteiger partial charge in [-0.2, -0.15) is 0 Å². The number of nitrogens with zero attached hydrogens (tertiary/aromatic N) is 2. The molecule has 1 heterocycles. The van der Waals surface area contributed by atoms with Gasteiger partial charge in [0.25, 0.3) is 5.69 Å². The highest BCUT2D eigenvalue weighted by Gasteiger charge is 2.49. The number of β-lactam (4-membered cyclic amide) rings is 1. The fourth-order valence-electron chi connectivity index (χ4n) is 2.40. The number of carbonyl (C=O) groups excluding carboxylic acids is 3. The third kappa shape index (κ3) is 4.19. The van der Waals surface area contributed by atoms with E-state index >= 15 is 0 Å². The molecule has 26 heavy (non-hydrogen) atoms. The van der Waals surface area contributed by atoms with Crippen LogP contribution in [0.25, 0.3) is 0 Å². The molecule has 0 aliphatic carbocycles. The summed E-state index contributed by atoms with van der Waals surface area (Å²) in [6, 6.07) is 4.07. The molecule has 0 N–H and O–H groups in total. The van der Waals surface area contributed by atoms with Crippen LogP contribution in [0.3, 0.4) is 0 Å². The summed E-state index contributed by atoms with van der Waals surface area (Å²) in [5.41, 5.74) is -1.17. The van der Waals surface area contributed by atoms with Crippen molar-refractivity contribution in [2.45, 2.75) is 45.3 Å². The molecule has 2 unspecified atom stereocenters. The molecule has 1 amide bonds. The van der Waals surface area contributed by atoms with E-state index in [1.54, 1.807) is 20.8 Å². The number of likely N-dealkylation sites (tertiary alicyclic amines) is 1. The Morgan fingerprint density at radius 2 is 1.92 bits per heavy atom. The Balaban J connectivity index is 2.12. The Morgan fingerprint density at radius 1 is 1.35 bits per heavy atom. The number of hydrogen-bond acceptors (Lipinski definition) is 6. The Bertz CT molecular complexity index is 741. The number of nitro groups is 1. The zero-order valence-corrected chi connectivity index (χ0v) is 15.4. The number of esters is 1. The van der Waals surface area contributed by atoms with Crippen molar-refractivity contribution in [3.8, 4) is 0 Å². The maximum Gasteiger partial charge on any atom is 0.337 e. The first-order chi connectivity index (χ1) is 12.0. The quantitative estimate of drug-likeness (QED) is 0.142. The lowest BCUT2D eigenvalue weighted by Crippen LogP contribution is -2.62. The summed E-state index contributed by atoms with van der Waals surface area (Å²) in [5, 5.41) is 10.6. The van der Waals surface area contributed by atoms with Crippen LogP contribution in [-0.2, 0) is 25.7 Å². The molecule has 0 spiro atoms. The minimum absolute atomic E-state index is 0.0606. The number of alkyl halides is 1. The number of ether oxygens (including phenoxy) is 1. The van der Waals surface area contributed by atoms with Crippen LogP contribution < -0.4 is 0 Å². The molecule has 9 heteroatoms. The molecule has 140 valence electrons. The van der Waals surface area contributed by atoms with Gasteiger partial charge in [0.15, 0.2) is 11.8 Å². The number of amides is 1. The van der Waals surface area contributed by atoms with E-state index in [2.05, 4.69) is 0 Å². The van der Waals surface area contributed by atoms with E-state index in [9.17, 15) is 24.5 Å². The Morgan fingerprint density at radius 3 is 2.35 bits per heavy atom. The van der Waals surface area contributed by atoms with Crippen molar-refractivity contribution in [3.05, 3.63) is 39.9 Å². The maximum absolute atomic E-state index is 12.6. The molecule has 1 fully saturated rings. The lowest BCUT2D eigenvalue weighted by Gasteiger charge is -2.41. The van der Waals surface area contributed by atoms with Crippen LogP contribution in [-0.4, -0.2) is 39.0 Å². The van der Waals surface area contributed by atoms with Crippen molar-refractivity contribution in [2.24, 2.45) is 5.41 Å². The van der Waals surface area contributed by atoms with Gasteiger partial charge in [-0.1, -0.05) is 32.4 Å². The first-order valence-electron chi connectivity index (χ1n) is 7.92. The largest absolute Gasteiger partial charge is 0.459 e. The van der Waals surface area contributed by atoms with Gasteiger partial charge in [-0.3, -0.25) is 19.7 Å². The third-order valence-corrected chi connectivity index (χ3v) is 4.31. The molecule has 0 bridgehead atoms. The summed E-state index contributed by atoms with van der Waals surface area (Å²) < 4.78 is 5.18. The van der Waals surface area contributed by atoms with E-state index in [1.807, 2.05) is 0 Å². The van der Waals surface area contributed by atoms with Crippen molar-refractivity contribution in [1.29, 1.82) is 0 Å². The molecule has 2 rings (SSSR count). The van der Waals surface area contributed by atoms with Crippen LogP contribution in [0.1, 0.15) is 32.8 Å². The van der Waals surface area contributed by atoms with Crippen LogP contribution in [0.15, 0.2) is 24.3 Å². The van der Waals surface area contributed by atoms with Crippen molar-refractivity contribution < 1.29 is 24.0 Å². The second kappa shape index (κ2) is 7.41. The summed E-state index contributed by atoms with van der Waals surface area (Å²) in [6.45, 7) is 4.73.